The highest BCUT2D eigenvalue weighted by atomic mass is 127. The van der Waals surface area contributed by atoms with Crippen molar-refractivity contribution >= 4 is 45.8 Å². The number of hydrogen-bond donors (Lipinski definition) is 1. The van der Waals surface area contributed by atoms with Gasteiger partial charge in [0.25, 0.3) is 5.91 Å². The number of amides is 1. The molecule has 0 aromatic heterocycles. The lowest BCUT2D eigenvalue weighted by Gasteiger charge is -2.00. The maximum atomic E-state index is 13.2. The molecule has 1 aliphatic heterocycles. The van der Waals surface area contributed by atoms with Crippen LogP contribution in [0.5, 0.6) is 0 Å². The molecule has 0 spiro atoms. The molecule has 2 nitrogen and oxygen atoms in total. The van der Waals surface area contributed by atoms with Crippen LogP contribution in [0.2, 0.25) is 0 Å². The number of rotatable bonds is 1. The first kappa shape index (κ1) is 12.3. The summed E-state index contributed by atoms with van der Waals surface area (Å²) in [5.41, 5.74) is 2.91. The van der Waals surface area contributed by atoms with Crippen LogP contribution in [-0.2, 0) is 4.79 Å². The number of anilines is 1. The summed E-state index contributed by atoms with van der Waals surface area (Å²) in [6.07, 6.45) is 1.71. The van der Waals surface area contributed by atoms with Crippen LogP contribution in [0.15, 0.2) is 42.5 Å². The maximum absolute atomic E-state index is 13.2. The van der Waals surface area contributed by atoms with Gasteiger partial charge in [0.15, 0.2) is 0 Å². The van der Waals surface area contributed by atoms with Gasteiger partial charge in [-0.15, -0.1) is 0 Å². The summed E-state index contributed by atoms with van der Waals surface area (Å²) in [6, 6.07) is 11.9. The average molecular weight is 365 g/mol. The van der Waals surface area contributed by atoms with Crippen LogP contribution in [0, 0.1) is 9.39 Å². The minimum atomic E-state index is -0.310. The summed E-state index contributed by atoms with van der Waals surface area (Å²) in [7, 11) is 0. The Kier molecular flexibility index (Phi) is 3.10. The van der Waals surface area contributed by atoms with Crippen LogP contribution < -0.4 is 5.32 Å². The van der Waals surface area contributed by atoms with Gasteiger partial charge in [-0.25, -0.2) is 4.39 Å². The lowest BCUT2D eigenvalue weighted by atomic mass is 10.0. The van der Waals surface area contributed by atoms with E-state index in [4.69, 9.17) is 0 Å². The molecular weight excluding hydrogens is 356 g/mol. The largest absolute Gasteiger partial charge is 0.321 e. The normalized spacial score (nSPS) is 15.5. The lowest BCUT2D eigenvalue weighted by Crippen LogP contribution is -2.03. The van der Waals surface area contributed by atoms with E-state index in [1.54, 1.807) is 18.2 Å². The molecule has 0 saturated heterocycles. The highest BCUT2D eigenvalue weighted by molar-refractivity contribution is 14.1. The molecule has 0 radical (unpaired) electrons. The van der Waals surface area contributed by atoms with Crippen molar-refractivity contribution < 1.29 is 9.18 Å². The van der Waals surface area contributed by atoms with E-state index in [1.165, 1.54) is 12.1 Å². The van der Waals surface area contributed by atoms with E-state index >= 15 is 0 Å². The van der Waals surface area contributed by atoms with Crippen molar-refractivity contribution in [3.8, 4) is 0 Å². The van der Waals surface area contributed by atoms with E-state index in [9.17, 15) is 9.18 Å². The number of fused-ring (bicyclic) bond motifs is 1. The number of hydrogen-bond acceptors (Lipinski definition) is 1. The van der Waals surface area contributed by atoms with Crippen LogP contribution in [-0.4, -0.2) is 5.91 Å². The Bertz CT molecular complexity index is 709. The molecule has 0 atom stereocenters. The third-order valence-corrected chi connectivity index (χ3v) is 3.60. The summed E-state index contributed by atoms with van der Waals surface area (Å²) in [6.45, 7) is 0. The van der Waals surface area contributed by atoms with Crippen molar-refractivity contribution in [3.05, 3.63) is 63.0 Å². The molecule has 0 saturated carbocycles. The third kappa shape index (κ3) is 2.40. The van der Waals surface area contributed by atoms with Gasteiger partial charge < -0.3 is 5.32 Å². The Balaban J connectivity index is 2.11. The molecule has 1 heterocycles. The predicted octanol–water partition coefficient (Wildman–Crippen LogP) is 3.92. The van der Waals surface area contributed by atoms with Crippen LogP contribution in [0.4, 0.5) is 10.1 Å². The first-order valence-corrected chi connectivity index (χ1v) is 6.80. The van der Waals surface area contributed by atoms with Gasteiger partial charge in [-0.05, 0) is 64.6 Å². The van der Waals surface area contributed by atoms with E-state index in [0.717, 1.165) is 14.8 Å². The first-order valence-electron chi connectivity index (χ1n) is 5.72. The molecule has 0 aliphatic carbocycles. The average Bonchev–Trinajstić information content (AvgIpc) is 2.66. The summed E-state index contributed by atoms with van der Waals surface area (Å²) in [5, 5.41) is 2.81. The van der Waals surface area contributed by atoms with Gasteiger partial charge in [0.2, 0.25) is 0 Å². The Hall–Kier alpha value is -1.69. The minimum absolute atomic E-state index is 0.152. The number of carbonyl (C=O) groups is 1. The van der Waals surface area contributed by atoms with Crippen LogP contribution in [0.1, 0.15) is 11.1 Å². The Morgan fingerprint density at radius 3 is 2.79 bits per heavy atom. The fraction of sp³-hybridized carbons (Fsp3) is 0. The number of benzene rings is 2. The van der Waals surface area contributed by atoms with Crippen LogP contribution >= 0.6 is 22.6 Å². The zero-order chi connectivity index (χ0) is 13.4. The van der Waals surface area contributed by atoms with E-state index in [2.05, 4.69) is 27.9 Å². The predicted molar refractivity (Wildman–Crippen MR) is 82.1 cm³/mol. The minimum Gasteiger partial charge on any atom is -0.321 e. The van der Waals surface area contributed by atoms with Gasteiger partial charge in [0.05, 0.1) is 0 Å². The van der Waals surface area contributed by atoms with Gasteiger partial charge in [0, 0.05) is 20.4 Å². The molecule has 4 heteroatoms. The van der Waals surface area contributed by atoms with Crippen molar-refractivity contribution in [3.63, 3.8) is 0 Å². The third-order valence-electron chi connectivity index (χ3n) is 2.92. The monoisotopic (exact) mass is 365 g/mol. The van der Waals surface area contributed by atoms with Crippen LogP contribution in [0.3, 0.4) is 0 Å². The van der Waals surface area contributed by atoms with Crippen molar-refractivity contribution in [1.82, 2.24) is 0 Å². The topological polar surface area (TPSA) is 29.1 Å². The molecule has 0 unspecified atom stereocenters. The Morgan fingerprint density at radius 2 is 2.00 bits per heavy atom. The summed E-state index contributed by atoms with van der Waals surface area (Å²) < 4.78 is 14.2. The van der Waals surface area contributed by atoms with Gasteiger partial charge in [-0.3, -0.25) is 4.79 Å². The SMILES string of the molecule is O=C1Nc2ccc(I)cc2C1=Cc1cccc(F)c1. The second kappa shape index (κ2) is 4.77. The van der Waals surface area contributed by atoms with Crippen LogP contribution in [0.25, 0.3) is 11.6 Å². The molecular formula is C15H9FINO. The maximum Gasteiger partial charge on any atom is 0.256 e. The first-order chi connectivity index (χ1) is 9.13. The number of halogens is 2. The van der Waals surface area contributed by atoms with Crippen molar-refractivity contribution in [1.29, 1.82) is 0 Å². The highest BCUT2D eigenvalue weighted by Gasteiger charge is 2.23. The molecule has 19 heavy (non-hydrogen) atoms. The second-order valence-electron chi connectivity index (χ2n) is 4.26. The fourth-order valence-corrected chi connectivity index (χ4v) is 2.56. The zero-order valence-electron chi connectivity index (χ0n) is 9.78. The molecule has 94 valence electrons. The highest BCUT2D eigenvalue weighted by Crippen LogP contribution is 2.34. The molecule has 3 rings (SSSR count). The quantitative estimate of drug-likeness (QED) is 0.602. The summed E-state index contributed by atoms with van der Waals surface area (Å²) >= 11 is 2.20. The van der Waals surface area contributed by atoms with Gasteiger partial charge >= 0.3 is 0 Å². The van der Waals surface area contributed by atoms with E-state index in [1.807, 2.05) is 18.2 Å². The molecule has 1 aliphatic rings. The zero-order valence-corrected chi connectivity index (χ0v) is 11.9. The Labute approximate surface area is 123 Å². The van der Waals surface area contributed by atoms with Gasteiger partial charge in [0.1, 0.15) is 5.82 Å². The molecule has 2 aromatic carbocycles. The smallest absolute Gasteiger partial charge is 0.256 e. The fourth-order valence-electron chi connectivity index (χ4n) is 2.07. The summed E-state index contributed by atoms with van der Waals surface area (Å²) in [5.74, 6) is -0.461. The van der Waals surface area contributed by atoms with Gasteiger partial charge in [-0.2, -0.15) is 0 Å². The summed E-state index contributed by atoms with van der Waals surface area (Å²) in [4.78, 5) is 12.0. The molecule has 1 amide bonds. The number of carbonyl (C=O) groups excluding carboxylic acids is 1. The Morgan fingerprint density at radius 1 is 1.16 bits per heavy atom. The standard InChI is InChI=1S/C15H9FINO/c16-10-3-1-2-9(6-10)7-13-12-8-11(17)4-5-14(12)18-15(13)19/h1-8H,(H,18,19). The molecule has 0 fully saturated rings. The van der Waals surface area contributed by atoms with E-state index in [0.29, 0.717) is 11.1 Å². The van der Waals surface area contributed by atoms with E-state index in [-0.39, 0.29) is 11.7 Å². The van der Waals surface area contributed by atoms with Gasteiger partial charge in [-0.1, -0.05) is 12.1 Å². The molecule has 0 bridgehead atoms. The van der Waals surface area contributed by atoms with E-state index < -0.39 is 0 Å². The second-order valence-corrected chi connectivity index (χ2v) is 5.50. The van der Waals surface area contributed by atoms with Crippen molar-refractivity contribution in [2.75, 3.05) is 5.32 Å². The lowest BCUT2D eigenvalue weighted by molar-refractivity contribution is -0.110. The van der Waals surface area contributed by atoms with Crippen molar-refractivity contribution in [2.45, 2.75) is 0 Å². The molecule has 1 N–H and O–H groups in total. The van der Waals surface area contributed by atoms with Crippen molar-refractivity contribution in [2.24, 2.45) is 0 Å². The molecule has 2 aromatic rings. The number of nitrogens with one attached hydrogen (secondary N) is 1.